The summed E-state index contributed by atoms with van der Waals surface area (Å²) in [5.74, 6) is 2.63. The summed E-state index contributed by atoms with van der Waals surface area (Å²) in [5.41, 5.74) is 0.716. The first-order valence-corrected chi connectivity index (χ1v) is 6.33. The van der Waals surface area contributed by atoms with Crippen LogP contribution < -0.4 is 0 Å². The summed E-state index contributed by atoms with van der Waals surface area (Å²) in [6.07, 6.45) is 2.61. The van der Waals surface area contributed by atoms with Crippen molar-refractivity contribution in [2.45, 2.75) is 51.6 Å². The van der Waals surface area contributed by atoms with Crippen molar-refractivity contribution >= 4 is 11.8 Å². The van der Waals surface area contributed by atoms with Crippen LogP contribution in [0, 0.1) is 0 Å². The molecule has 1 saturated heterocycles. The maximum absolute atomic E-state index is 2.56. The van der Waals surface area contributed by atoms with Gasteiger partial charge < -0.3 is 0 Å². The number of nitrogens with zero attached hydrogens (tertiary/aromatic N) is 1. The van der Waals surface area contributed by atoms with Crippen LogP contribution in [-0.2, 0) is 0 Å². The molecule has 0 atom stereocenters. The van der Waals surface area contributed by atoms with Gasteiger partial charge in [-0.1, -0.05) is 0 Å². The van der Waals surface area contributed by atoms with Gasteiger partial charge in [-0.15, -0.1) is 0 Å². The Morgan fingerprint density at radius 1 is 0.923 bits per heavy atom. The molecule has 0 spiro atoms. The van der Waals surface area contributed by atoms with Crippen molar-refractivity contribution in [3.05, 3.63) is 0 Å². The Morgan fingerprint density at radius 2 is 1.31 bits per heavy atom. The predicted octanol–water partition coefficient (Wildman–Crippen LogP) is 3.00. The lowest BCUT2D eigenvalue weighted by Crippen LogP contribution is -2.54. The van der Waals surface area contributed by atoms with Crippen LogP contribution in [0.5, 0.6) is 0 Å². The predicted molar refractivity (Wildman–Crippen MR) is 62.5 cm³/mol. The van der Waals surface area contributed by atoms with Crippen LogP contribution in [0.15, 0.2) is 0 Å². The van der Waals surface area contributed by atoms with Crippen molar-refractivity contribution in [2.24, 2.45) is 0 Å². The first-order valence-electron chi connectivity index (χ1n) is 5.18. The second-order valence-electron chi connectivity index (χ2n) is 5.30. The van der Waals surface area contributed by atoms with Gasteiger partial charge in [0.05, 0.1) is 0 Å². The molecule has 2 heteroatoms. The van der Waals surface area contributed by atoms with E-state index in [1.807, 2.05) is 0 Å². The third kappa shape index (κ3) is 2.63. The van der Waals surface area contributed by atoms with E-state index in [-0.39, 0.29) is 0 Å². The topological polar surface area (TPSA) is 3.24 Å². The third-order valence-corrected chi connectivity index (χ3v) is 4.52. The van der Waals surface area contributed by atoms with E-state index in [2.05, 4.69) is 51.4 Å². The molecule has 1 aliphatic heterocycles. The summed E-state index contributed by atoms with van der Waals surface area (Å²) in [6, 6.07) is 0. The molecule has 13 heavy (non-hydrogen) atoms. The molecule has 0 unspecified atom stereocenters. The van der Waals surface area contributed by atoms with Gasteiger partial charge in [0, 0.05) is 11.1 Å². The molecular weight excluding hydrogens is 178 g/mol. The molecule has 0 bridgehead atoms. The van der Waals surface area contributed by atoms with Gasteiger partial charge in [0.15, 0.2) is 0 Å². The molecule has 0 N–H and O–H groups in total. The highest BCUT2D eigenvalue weighted by Gasteiger charge is 2.35. The van der Waals surface area contributed by atoms with Gasteiger partial charge >= 0.3 is 0 Å². The zero-order valence-corrected chi connectivity index (χ0v) is 10.5. The van der Waals surface area contributed by atoms with E-state index in [0.29, 0.717) is 11.1 Å². The minimum atomic E-state index is 0.358. The minimum Gasteiger partial charge on any atom is -0.296 e. The van der Waals surface area contributed by atoms with Crippen LogP contribution in [0.3, 0.4) is 0 Å². The SMILES string of the molecule is CN1C(C)(C)CCSCCC1(C)C. The molecule has 0 aromatic rings. The molecule has 0 aromatic heterocycles. The van der Waals surface area contributed by atoms with Crippen LogP contribution in [0.2, 0.25) is 0 Å². The third-order valence-electron chi connectivity index (χ3n) is 3.53. The molecular formula is C11H23NS. The summed E-state index contributed by atoms with van der Waals surface area (Å²) in [4.78, 5) is 2.56. The highest BCUT2D eigenvalue weighted by Crippen LogP contribution is 2.32. The summed E-state index contributed by atoms with van der Waals surface area (Å²) >= 11 is 2.11. The number of thioether (sulfide) groups is 1. The first-order chi connectivity index (χ1) is 5.86. The second kappa shape index (κ2) is 3.82. The van der Waals surface area contributed by atoms with Crippen LogP contribution in [-0.4, -0.2) is 34.5 Å². The van der Waals surface area contributed by atoms with Crippen molar-refractivity contribution in [3.8, 4) is 0 Å². The van der Waals surface area contributed by atoms with E-state index in [9.17, 15) is 0 Å². The Balaban J connectivity index is 2.77. The quantitative estimate of drug-likeness (QED) is 0.593. The first kappa shape index (κ1) is 11.4. The summed E-state index contributed by atoms with van der Waals surface area (Å²) in [6.45, 7) is 9.45. The molecule has 1 rings (SSSR count). The molecule has 78 valence electrons. The number of hydrogen-bond acceptors (Lipinski definition) is 2. The van der Waals surface area contributed by atoms with Crippen LogP contribution in [0.1, 0.15) is 40.5 Å². The van der Waals surface area contributed by atoms with Gasteiger partial charge in [0.2, 0.25) is 0 Å². The van der Waals surface area contributed by atoms with Crippen LogP contribution in [0.4, 0.5) is 0 Å². The normalized spacial score (nSPS) is 29.3. The maximum Gasteiger partial charge on any atom is 0.0163 e. The van der Waals surface area contributed by atoms with Crippen molar-refractivity contribution < 1.29 is 0 Å². The Labute approximate surface area is 87.3 Å². The second-order valence-corrected chi connectivity index (χ2v) is 6.52. The Kier molecular flexibility index (Phi) is 3.34. The molecule has 1 aliphatic rings. The summed E-state index contributed by atoms with van der Waals surface area (Å²) in [7, 11) is 2.27. The van der Waals surface area contributed by atoms with Crippen LogP contribution >= 0.6 is 11.8 Å². The lowest BCUT2D eigenvalue weighted by atomic mass is 9.90. The average Bonchev–Trinajstić information content (AvgIpc) is 2.01. The molecule has 0 aliphatic carbocycles. The van der Waals surface area contributed by atoms with Crippen molar-refractivity contribution in [1.29, 1.82) is 0 Å². The zero-order valence-electron chi connectivity index (χ0n) is 9.68. The Morgan fingerprint density at radius 3 is 1.69 bits per heavy atom. The Hall–Kier alpha value is 0.310. The van der Waals surface area contributed by atoms with Crippen molar-refractivity contribution in [3.63, 3.8) is 0 Å². The number of hydrogen-bond donors (Lipinski definition) is 0. The lowest BCUT2D eigenvalue weighted by molar-refractivity contribution is 0.0394. The standard InChI is InChI=1S/C11H23NS/c1-10(2)6-8-13-9-7-11(3,4)12(10)5/h6-9H2,1-5H3. The van der Waals surface area contributed by atoms with E-state index >= 15 is 0 Å². The smallest absolute Gasteiger partial charge is 0.0163 e. The summed E-state index contributed by atoms with van der Waals surface area (Å²) < 4.78 is 0. The van der Waals surface area contributed by atoms with Crippen molar-refractivity contribution in [2.75, 3.05) is 18.6 Å². The van der Waals surface area contributed by atoms with E-state index in [1.54, 1.807) is 0 Å². The van der Waals surface area contributed by atoms with Gasteiger partial charge in [-0.2, -0.15) is 11.8 Å². The zero-order chi connectivity index (χ0) is 10.1. The van der Waals surface area contributed by atoms with Crippen molar-refractivity contribution in [1.82, 2.24) is 4.90 Å². The molecule has 0 saturated carbocycles. The van der Waals surface area contributed by atoms with Gasteiger partial charge in [-0.05, 0) is 59.1 Å². The van der Waals surface area contributed by atoms with Gasteiger partial charge in [-0.3, -0.25) is 4.90 Å². The highest BCUT2D eigenvalue weighted by atomic mass is 32.2. The monoisotopic (exact) mass is 201 g/mol. The highest BCUT2D eigenvalue weighted by molar-refractivity contribution is 7.99. The van der Waals surface area contributed by atoms with E-state index in [1.165, 1.54) is 24.3 Å². The molecule has 0 aromatic carbocycles. The molecule has 1 nitrogen and oxygen atoms in total. The Bertz CT molecular complexity index is 157. The lowest BCUT2D eigenvalue weighted by Gasteiger charge is -2.48. The van der Waals surface area contributed by atoms with Gasteiger partial charge in [0.25, 0.3) is 0 Å². The molecule has 0 radical (unpaired) electrons. The number of rotatable bonds is 0. The van der Waals surface area contributed by atoms with E-state index < -0.39 is 0 Å². The molecule has 1 heterocycles. The van der Waals surface area contributed by atoms with Crippen LogP contribution in [0.25, 0.3) is 0 Å². The van der Waals surface area contributed by atoms with Gasteiger partial charge in [-0.25, -0.2) is 0 Å². The fraction of sp³-hybridized carbons (Fsp3) is 1.00. The largest absolute Gasteiger partial charge is 0.296 e. The van der Waals surface area contributed by atoms with E-state index in [4.69, 9.17) is 0 Å². The van der Waals surface area contributed by atoms with E-state index in [0.717, 1.165) is 0 Å². The maximum atomic E-state index is 2.56. The fourth-order valence-electron chi connectivity index (χ4n) is 1.90. The minimum absolute atomic E-state index is 0.358. The molecule has 1 fully saturated rings. The van der Waals surface area contributed by atoms with Gasteiger partial charge in [0.1, 0.15) is 0 Å². The average molecular weight is 201 g/mol. The molecule has 0 amide bonds. The fourth-order valence-corrected chi connectivity index (χ4v) is 3.39. The summed E-state index contributed by atoms with van der Waals surface area (Å²) in [5, 5.41) is 0.